The van der Waals surface area contributed by atoms with Crippen molar-refractivity contribution in [3.05, 3.63) is 35.4 Å². The number of rotatable bonds is 4. The minimum atomic E-state index is -0.0755. The smallest absolute Gasteiger partial charge is 0.244 e. The Hall–Kier alpha value is -1.77. The van der Waals surface area contributed by atoms with Crippen molar-refractivity contribution in [3.63, 3.8) is 0 Å². The van der Waals surface area contributed by atoms with Crippen molar-refractivity contribution in [2.24, 2.45) is 0 Å². The molecule has 0 aliphatic carbocycles. The molecule has 92 valence electrons. The van der Waals surface area contributed by atoms with Crippen molar-refractivity contribution in [2.75, 3.05) is 7.11 Å². The minimum Gasteiger partial charge on any atom is -0.496 e. The molecule has 3 nitrogen and oxygen atoms in total. The third-order valence-corrected chi connectivity index (χ3v) is 2.28. The van der Waals surface area contributed by atoms with Gasteiger partial charge in [0.1, 0.15) is 5.75 Å². The van der Waals surface area contributed by atoms with Gasteiger partial charge in [0, 0.05) is 12.1 Å². The lowest BCUT2D eigenvalue weighted by Gasteiger charge is -2.06. The van der Waals surface area contributed by atoms with Crippen LogP contribution in [0.25, 0.3) is 6.08 Å². The van der Waals surface area contributed by atoms with Crippen LogP contribution in [0.2, 0.25) is 0 Å². The zero-order valence-corrected chi connectivity index (χ0v) is 10.8. The highest BCUT2D eigenvalue weighted by molar-refractivity contribution is 5.91. The van der Waals surface area contributed by atoms with Crippen molar-refractivity contribution in [1.29, 1.82) is 0 Å². The van der Waals surface area contributed by atoms with Crippen LogP contribution in [0, 0.1) is 6.92 Å². The molecule has 0 saturated carbocycles. The first-order valence-corrected chi connectivity index (χ1v) is 5.66. The Morgan fingerprint density at radius 1 is 1.41 bits per heavy atom. The predicted molar refractivity (Wildman–Crippen MR) is 70.0 cm³/mol. The molecule has 1 N–H and O–H groups in total. The molecule has 1 rings (SSSR count). The van der Waals surface area contributed by atoms with E-state index in [4.69, 9.17) is 4.74 Å². The predicted octanol–water partition coefficient (Wildman–Crippen LogP) is 2.54. The van der Waals surface area contributed by atoms with Gasteiger partial charge < -0.3 is 10.1 Å². The Kier molecular flexibility index (Phi) is 4.76. The first kappa shape index (κ1) is 13.3. The molecule has 0 aliphatic rings. The third kappa shape index (κ3) is 4.31. The molecule has 1 aromatic carbocycles. The maximum atomic E-state index is 11.4. The summed E-state index contributed by atoms with van der Waals surface area (Å²) >= 11 is 0. The van der Waals surface area contributed by atoms with Gasteiger partial charge in [-0.3, -0.25) is 4.79 Å². The minimum absolute atomic E-state index is 0.0755. The van der Waals surface area contributed by atoms with E-state index < -0.39 is 0 Å². The first-order chi connectivity index (χ1) is 8.02. The normalized spacial score (nSPS) is 10.9. The number of hydrogen-bond acceptors (Lipinski definition) is 2. The van der Waals surface area contributed by atoms with Crippen LogP contribution in [0.5, 0.6) is 5.75 Å². The lowest BCUT2D eigenvalue weighted by Crippen LogP contribution is -2.28. The zero-order chi connectivity index (χ0) is 12.8. The molecule has 0 radical (unpaired) electrons. The second kappa shape index (κ2) is 6.09. The SMILES string of the molecule is COc1ccc(/C=C/C(=O)NC(C)C)cc1C. The molecule has 1 amide bonds. The quantitative estimate of drug-likeness (QED) is 0.812. The maximum Gasteiger partial charge on any atom is 0.244 e. The van der Waals surface area contributed by atoms with E-state index in [0.717, 1.165) is 16.9 Å². The second-order valence-electron chi connectivity index (χ2n) is 4.23. The Morgan fingerprint density at radius 2 is 2.12 bits per heavy atom. The van der Waals surface area contributed by atoms with Crippen molar-refractivity contribution in [2.45, 2.75) is 26.8 Å². The van der Waals surface area contributed by atoms with Gasteiger partial charge in [0.25, 0.3) is 0 Å². The summed E-state index contributed by atoms with van der Waals surface area (Å²) in [5.41, 5.74) is 2.04. The Balaban J connectivity index is 2.72. The molecule has 1 aromatic rings. The zero-order valence-electron chi connectivity index (χ0n) is 10.8. The third-order valence-electron chi connectivity index (χ3n) is 2.28. The number of hydrogen-bond donors (Lipinski definition) is 1. The summed E-state index contributed by atoms with van der Waals surface area (Å²) in [4.78, 5) is 11.4. The fourth-order valence-corrected chi connectivity index (χ4v) is 1.51. The Labute approximate surface area is 102 Å². The van der Waals surface area contributed by atoms with Crippen LogP contribution in [-0.4, -0.2) is 19.1 Å². The molecule has 0 aromatic heterocycles. The van der Waals surface area contributed by atoms with E-state index in [1.807, 2.05) is 39.0 Å². The molecule has 17 heavy (non-hydrogen) atoms. The van der Waals surface area contributed by atoms with E-state index in [9.17, 15) is 4.79 Å². The summed E-state index contributed by atoms with van der Waals surface area (Å²) in [5.74, 6) is 0.780. The average Bonchev–Trinajstić information content (AvgIpc) is 2.25. The van der Waals surface area contributed by atoms with E-state index >= 15 is 0 Å². The summed E-state index contributed by atoms with van der Waals surface area (Å²) in [5, 5.41) is 2.80. The van der Waals surface area contributed by atoms with Gasteiger partial charge in [0.15, 0.2) is 0 Å². The Morgan fingerprint density at radius 3 is 2.65 bits per heavy atom. The lowest BCUT2D eigenvalue weighted by molar-refractivity contribution is -0.116. The molecule has 0 fully saturated rings. The number of amides is 1. The van der Waals surface area contributed by atoms with Crippen LogP contribution in [0.15, 0.2) is 24.3 Å². The molecule has 0 atom stereocenters. The monoisotopic (exact) mass is 233 g/mol. The number of benzene rings is 1. The largest absolute Gasteiger partial charge is 0.496 e. The fourth-order valence-electron chi connectivity index (χ4n) is 1.51. The maximum absolute atomic E-state index is 11.4. The molecule has 0 saturated heterocycles. The van der Waals surface area contributed by atoms with Crippen molar-refractivity contribution in [3.8, 4) is 5.75 Å². The number of carbonyl (C=O) groups is 1. The van der Waals surface area contributed by atoms with Gasteiger partial charge in [-0.05, 0) is 50.1 Å². The van der Waals surface area contributed by atoms with Crippen LogP contribution >= 0.6 is 0 Å². The molecular formula is C14H19NO2. The van der Waals surface area contributed by atoms with Gasteiger partial charge in [-0.2, -0.15) is 0 Å². The number of methoxy groups -OCH3 is 1. The highest BCUT2D eigenvalue weighted by Gasteiger charge is 1.99. The standard InChI is InChI=1S/C14H19NO2/c1-10(2)15-14(16)8-6-12-5-7-13(17-4)11(3)9-12/h5-10H,1-4H3,(H,15,16)/b8-6+. The number of ether oxygens (including phenoxy) is 1. The molecule has 0 spiro atoms. The van der Waals surface area contributed by atoms with Crippen LogP contribution < -0.4 is 10.1 Å². The van der Waals surface area contributed by atoms with E-state index in [1.165, 1.54) is 0 Å². The summed E-state index contributed by atoms with van der Waals surface area (Å²) in [6, 6.07) is 5.96. The topological polar surface area (TPSA) is 38.3 Å². The van der Waals surface area contributed by atoms with Gasteiger partial charge in [0.05, 0.1) is 7.11 Å². The summed E-state index contributed by atoms with van der Waals surface area (Å²) in [6.45, 7) is 5.84. The van der Waals surface area contributed by atoms with Crippen LogP contribution in [0.4, 0.5) is 0 Å². The number of carbonyl (C=O) groups excluding carboxylic acids is 1. The lowest BCUT2D eigenvalue weighted by atomic mass is 10.1. The van der Waals surface area contributed by atoms with Crippen molar-refractivity contribution in [1.82, 2.24) is 5.32 Å². The molecular weight excluding hydrogens is 214 g/mol. The molecule has 0 bridgehead atoms. The van der Waals surface area contributed by atoms with Gasteiger partial charge >= 0.3 is 0 Å². The second-order valence-corrected chi connectivity index (χ2v) is 4.23. The highest BCUT2D eigenvalue weighted by atomic mass is 16.5. The van der Waals surface area contributed by atoms with E-state index in [2.05, 4.69) is 5.32 Å². The van der Waals surface area contributed by atoms with E-state index in [1.54, 1.807) is 19.3 Å². The summed E-state index contributed by atoms with van der Waals surface area (Å²) < 4.78 is 5.17. The van der Waals surface area contributed by atoms with Crippen LogP contribution in [0.1, 0.15) is 25.0 Å². The van der Waals surface area contributed by atoms with Gasteiger partial charge in [-0.25, -0.2) is 0 Å². The van der Waals surface area contributed by atoms with Gasteiger partial charge in [-0.1, -0.05) is 6.07 Å². The molecule has 0 aliphatic heterocycles. The first-order valence-electron chi connectivity index (χ1n) is 5.66. The van der Waals surface area contributed by atoms with Crippen molar-refractivity contribution >= 4 is 12.0 Å². The van der Waals surface area contributed by atoms with Gasteiger partial charge in [-0.15, -0.1) is 0 Å². The van der Waals surface area contributed by atoms with Crippen LogP contribution in [-0.2, 0) is 4.79 Å². The summed E-state index contributed by atoms with van der Waals surface area (Å²) in [7, 11) is 1.65. The number of nitrogens with one attached hydrogen (secondary N) is 1. The van der Waals surface area contributed by atoms with Crippen LogP contribution in [0.3, 0.4) is 0 Å². The van der Waals surface area contributed by atoms with E-state index in [-0.39, 0.29) is 11.9 Å². The Bertz CT molecular complexity index is 422. The fraction of sp³-hybridized carbons (Fsp3) is 0.357. The summed E-state index contributed by atoms with van der Waals surface area (Å²) in [6.07, 6.45) is 3.34. The molecule has 3 heteroatoms. The van der Waals surface area contributed by atoms with E-state index in [0.29, 0.717) is 0 Å². The molecule has 0 heterocycles. The molecule has 0 unspecified atom stereocenters. The average molecular weight is 233 g/mol. The number of aryl methyl sites for hydroxylation is 1. The van der Waals surface area contributed by atoms with Crippen molar-refractivity contribution < 1.29 is 9.53 Å². The highest BCUT2D eigenvalue weighted by Crippen LogP contribution is 2.18. The van der Waals surface area contributed by atoms with Gasteiger partial charge in [0.2, 0.25) is 5.91 Å².